The lowest BCUT2D eigenvalue weighted by Crippen LogP contribution is -2.27. The molecule has 0 aromatic heterocycles. The number of ether oxygens (including phenoxy) is 1. The molecule has 0 fully saturated rings. The van der Waals surface area contributed by atoms with Gasteiger partial charge in [0.1, 0.15) is 11.6 Å². The third kappa shape index (κ3) is 4.77. The topological polar surface area (TPSA) is 75.7 Å². The normalized spacial score (nSPS) is 11.0. The highest BCUT2D eigenvalue weighted by Gasteiger charge is 2.22. The molecule has 0 aliphatic rings. The van der Waals surface area contributed by atoms with Crippen LogP contribution in [0.3, 0.4) is 0 Å². The number of carbonyl (C=O) groups excluding carboxylic acids is 1. The Morgan fingerprint density at radius 3 is 2.40 bits per heavy atom. The monoisotopic (exact) mass is 428 g/mol. The fraction of sp³-hybridized carbons (Fsp3) is 0.136. The Morgan fingerprint density at radius 1 is 1.03 bits per heavy atom. The number of benzene rings is 3. The number of sulfonamides is 1. The van der Waals surface area contributed by atoms with Crippen LogP contribution in [-0.4, -0.2) is 28.5 Å². The van der Waals surface area contributed by atoms with Gasteiger partial charge in [0, 0.05) is 19.2 Å². The van der Waals surface area contributed by atoms with Crippen LogP contribution in [0.25, 0.3) is 0 Å². The zero-order valence-corrected chi connectivity index (χ0v) is 17.3. The second-order valence-corrected chi connectivity index (χ2v) is 8.48. The molecular weight excluding hydrogens is 407 g/mol. The third-order valence-electron chi connectivity index (χ3n) is 4.53. The highest BCUT2D eigenvalue weighted by atomic mass is 32.2. The highest BCUT2D eigenvalue weighted by Crippen LogP contribution is 2.24. The van der Waals surface area contributed by atoms with E-state index in [1.807, 2.05) is 0 Å². The summed E-state index contributed by atoms with van der Waals surface area (Å²) in [5.41, 5.74) is 1.25. The quantitative estimate of drug-likeness (QED) is 0.624. The number of hydrogen-bond donors (Lipinski definition) is 1. The molecule has 3 aromatic rings. The van der Waals surface area contributed by atoms with Crippen molar-refractivity contribution in [3.05, 3.63) is 89.7 Å². The van der Waals surface area contributed by atoms with Crippen molar-refractivity contribution in [3.63, 3.8) is 0 Å². The maximum absolute atomic E-state index is 13.3. The molecule has 1 amide bonds. The number of rotatable bonds is 7. The SMILES string of the molecule is COc1ccc(S(=O)(=O)N(C)c2cccc(C(=O)NCc3cccc(F)c3)c2)cc1. The van der Waals surface area contributed by atoms with Gasteiger partial charge in [0.2, 0.25) is 0 Å². The molecule has 156 valence electrons. The van der Waals surface area contributed by atoms with Gasteiger partial charge >= 0.3 is 0 Å². The van der Waals surface area contributed by atoms with E-state index in [-0.39, 0.29) is 17.3 Å². The molecular formula is C22H21FN2O4S. The van der Waals surface area contributed by atoms with E-state index in [2.05, 4.69) is 5.32 Å². The zero-order chi connectivity index (χ0) is 21.7. The smallest absolute Gasteiger partial charge is 0.264 e. The summed E-state index contributed by atoms with van der Waals surface area (Å²) in [7, 11) is -0.895. The standard InChI is InChI=1S/C22H21FN2O4S/c1-25(30(27,28)21-11-9-20(29-2)10-12-21)19-8-4-6-17(14-19)22(26)24-15-16-5-3-7-18(23)13-16/h3-14H,15H2,1-2H3,(H,24,26). The molecule has 0 heterocycles. The Kier molecular flexibility index (Phi) is 6.37. The second-order valence-electron chi connectivity index (χ2n) is 6.51. The van der Waals surface area contributed by atoms with Gasteiger partial charge in [-0.25, -0.2) is 12.8 Å². The number of nitrogens with zero attached hydrogens (tertiary/aromatic N) is 1. The minimum absolute atomic E-state index is 0.103. The summed E-state index contributed by atoms with van der Waals surface area (Å²) in [5.74, 6) is -0.223. The maximum atomic E-state index is 13.3. The van der Waals surface area contributed by atoms with Crippen LogP contribution in [0, 0.1) is 5.82 Å². The van der Waals surface area contributed by atoms with Gasteiger partial charge in [0.05, 0.1) is 17.7 Å². The van der Waals surface area contributed by atoms with Gasteiger partial charge in [-0.05, 0) is 60.2 Å². The Labute approximate surface area is 175 Å². The number of hydrogen-bond acceptors (Lipinski definition) is 4. The van der Waals surface area contributed by atoms with Gasteiger partial charge in [-0.2, -0.15) is 0 Å². The molecule has 0 radical (unpaired) electrons. The molecule has 0 spiro atoms. The van der Waals surface area contributed by atoms with Crippen LogP contribution in [0.2, 0.25) is 0 Å². The average molecular weight is 428 g/mol. The summed E-state index contributed by atoms with van der Waals surface area (Å²) < 4.78 is 45.2. The van der Waals surface area contributed by atoms with Gasteiger partial charge < -0.3 is 10.1 Å². The summed E-state index contributed by atoms with van der Waals surface area (Å²) in [5, 5.41) is 2.70. The number of anilines is 1. The van der Waals surface area contributed by atoms with Crippen molar-refractivity contribution in [2.45, 2.75) is 11.4 Å². The number of amides is 1. The van der Waals surface area contributed by atoms with Crippen LogP contribution in [0.15, 0.2) is 77.7 Å². The molecule has 3 rings (SSSR count). The fourth-order valence-electron chi connectivity index (χ4n) is 2.82. The number of methoxy groups -OCH3 is 1. The molecule has 0 atom stereocenters. The van der Waals surface area contributed by atoms with Crippen LogP contribution < -0.4 is 14.4 Å². The first-order valence-corrected chi connectivity index (χ1v) is 10.5. The molecule has 30 heavy (non-hydrogen) atoms. The fourth-order valence-corrected chi connectivity index (χ4v) is 4.01. The third-order valence-corrected chi connectivity index (χ3v) is 6.33. The van der Waals surface area contributed by atoms with Crippen molar-refractivity contribution in [1.29, 1.82) is 0 Å². The van der Waals surface area contributed by atoms with Crippen LogP contribution in [0.5, 0.6) is 5.75 Å². The lowest BCUT2D eigenvalue weighted by molar-refractivity contribution is 0.0951. The Bertz CT molecular complexity index is 1150. The first kappa shape index (κ1) is 21.3. The van der Waals surface area contributed by atoms with Crippen molar-refractivity contribution in [2.24, 2.45) is 0 Å². The van der Waals surface area contributed by atoms with E-state index in [4.69, 9.17) is 4.74 Å². The van der Waals surface area contributed by atoms with E-state index in [1.165, 1.54) is 44.5 Å². The molecule has 0 aliphatic carbocycles. The lowest BCUT2D eigenvalue weighted by atomic mass is 10.1. The molecule has 8 heteroatoms. The second kappa shape index (κ2) is 8.96. The van der Waals surface area contributed by atoms with Gasteiger partial charge in [-0.1, -0.05) is 18.2 Å². The summed E-state index contributed by atoms with van der Waals surface area (Å²) in [4.78, 5) is 12.6. The molecule has 0 bridgehead atoms. The Hall–Kier alpha value is -3.39. The minimum Gasteiger partial charge on any atom is -0.497 e. The van der Waals surface area contributed by atoms with E-state index < -0.39 is 15.9 Å². The van der Waals surface area contributed by atoms with E-state index in [1.54, 1.807) is 42.5 Å². The van der Waals surface area contributed by atoms with Gasteiger partial charge in [-0.15, -0.1) is 0 Å². The van der Waals surface area contributed by atoms with Crippen LogP contribution in [-0.2, 0) is 16.6 Å². The van der Waals surface area contributed by atoms with Crippen molar-refractivity contribution < 1.29 is 22.3 Å². The molecule has 0 aliphatic heterocycles. The minimum atomic E-state index is -3.82. The molecule has 0 unspecified atom stereocenters. The van der Waals surface area contributed by atoms with Crippen LogP contribution >= 0.6 is 0 Å². The van der Waals surface area contributed by atoms with Crippen molar-refractivity contribution in [2.75, 3.05) is 18.5 Å². The van der Waals surface area contributed by atoms with Gasteiger partial charge in [0.15, 0.2) is 0 Å². The maximum Gasteiger partial charge on any atom is 0.264 e. The predicted octanol–water partition coefficient (Wildman–Crippen LogP) is 3.59. The highest BCUT2D eigenvalue weighted by molar-refractivity contribution is 7.92. The predicted molar refractivity (Wildman–Crippen MR) is 113 cm³/mol. The van der Waals surface area contributed by atoms with Crippen LogP contribution in [0.4, 0.5) is 10.1 Å². The lowest BCUT2D eigenvalue weighted by Gasteiger charge is -2.20. The molecule has 1 N–H and O–H groups in total. The van der Waals surface area contributed by atoms with E-state index in [0.29, 0.717) is 22.6 Å². The van der Waals surface area contributed by atoms with Crippen molar-refractivity contribution >= 4 is 21.6 Å². The van der Waals surface area contributed by atoms with Gasteiger partial charge in [0.25, 0.3) is 15.9 Å². The van der Waals surface area contributed by atoms with E-state index in [9.17, 15) is 17.6 Å². The first-order valence-electron chi connectivity index (χ1n) is 9.07. The largest absolute Gasteiger partial charge is 0.497 e. The molecule has 6 nitrogen and oxygen atoms in total. The van der Waals surface area contributed by atoms with Gasteiger partial charge in [-0.3, -0.25) is 9.10 Å². The number of halogens is 1. The number of carbonyl (C=O) groups is 1. The Morgan fingerprint density at radius 2 is 1.73 bits per heavy atom. The van der Waals surface area contributed by atoms with E-state index >= 15 is 0 Å². The molecule has 0 saturated heterocycles. The first-order chi connectivity index (χ1) is 14.3. The summed E-state index contributed by atoms with van der Waals surface area (Å²) in [6, 6.07) is 18.3. The van der Waals surface area contributed by atoms with Crippen LogP contribution in [0.1, 0.15) is 15.9 Å². The van der Waals surface area contributed by atoms with E-state index in [0.717, 1.165) is 4.31 Å². The van der Waals surface area contributed by atoms with Crippen molar-refractivity contribution in [3.8, 4) is 5.75 Å². The Balaban J connectivity index is 1.77. The molecule has 0 saturated carbocycles. The molecule has 3 aromatic carbocycles. The van der Waals surface area contributed by atoms with Crippen molar-refractivity contribution in [1.82, 2.24) is 5.32 Å². The zero-order valence-electron chi connectivity index (χ0n) is 16.5. The summed E-state index contributed by atoms with van der Waals surface area (Å²) in [6.07, 6.45) is 0. The average Bonchev–Trinajstić information content (AvgIpc) is 2.77. The summed E-state index contributed by atoms with van der Waals surface area (Å²) in [6.45, 7) is 0.154. The summed E-state index contributed by atoms with van der Waals surface area (Å²) >= 11 is 0. The number of nitrogens with one attached hydrogen (secondary N) is 1.